The summed E-state index contributed by atoms with van der Waals surface area (Å²) >= 11 is 0. The van der Waals surface area contributed by atoms with Crippen LogP contribution in [0.5, 0.6) is 0 Å². The summed E-state index contributed by atoms with van der Waals surface area (Å²) in [5.74, 6) is -5.11. The normalized spacial score (nSPS) is 14.2. The average molecular weight is 538 g/mol. The van der Waals surface area contributed by atoms with Crippen molar-refractivity contribution in [2.75, 3.05) is 0 Å². The number of furan rings is 1. The maximum Gasteiger partial charge on any atom is 0.458 e. The van der Waals surface area contributed by atoms with E-state index in [0.717, 1.165) is 29.1 Å². The molecule has 0 spiro atoms. The number of hydrogen-bond donors (Lipinski definition) is 0. The summed E-state index contributed by atoms with van der Waals surface area (Å²) in [5, 5.41) is 10.7. The standard InChI is InChI=1S/C31H23F5N2O/c1-17-16-38-26(23-7-5-6-22-21-10-8-18(15-37)12-27(21)39-28(22)23)14-24(17)20-11-9-19(13-25(20)29(2,3)4)30(32,33)31(34,35)36/h5-14,16H,1-4H3/i1D3. The first kappa shape index (κ1) is 22.7. The summed E-state index contributed by atoms with van der Waals surface area (Å²) in [7, 11) is 0. The Morgan fingerprint density at radius 1 is 0.872 bits per heavy atom. The molecule has 0 bridgehead atoms. The van der Waals surface area contributed by atoms with Gasteiger partial charge in [0.1, 0.15) is 11.2 Å². The molecule has 198 valence electrons. The van der Waals surface area contributed by atoms with E-state index in [9.17, 15) is 27.2 Å². The van der Waals surface area contributed by atoms with Gasteiger partial charge in [0.25, 0.3) is 0 Å². The van der Waals surface area contributed by atoms with E-state index in [1.807, 2.05) is 6.07 Å². The van der Waals surface area contributed by atoms with Crippen molar-refractivity contribution in [3.8, 4) is 28.5 Å². The molecule has 0 saturated carbocycles. The van der Waals surface area contributed by atoms with E-state index in [0.29, 0.717) is 34.1 Å². The molecule has 0 aliphatic carbocycles. The molecule has 0 unspecified atom stereocenters. The second-order valence-electron chi connectivity index (χ2n) is 10.3. The summed E-state index contributed by atoms with van der Waals surface area (Å²) in [6, 6.07) is 16.4. The Labute approximate surface area is 225 Å². The third-order valence-corrected chi connectivity index (χ3v) is 6.64. The largest absolute Gasteiger partial charge is 0.458 e. The van der Waals surface area contributed by atoms with Crippen LogP contribution in [0.25, 0.3) is 44.3 Å². The predicted molar refractivity (Wildman–Crippen MR) is 140 cm³/mol. The fraction of sp³-hybridized carbons (Fsp3) is 0.226. The zero-order valence-electron chi connectivity index (χ0n) is 24.0. The van der Waals surface area contributed by atoms with Gasteiger partial charge in [-0.05, 0) is 70.9 Å². The summed E-state index contributed by atoms with van der Waals surface area (Å²) in [6.07, 6.45) is -4.64. The number of para-hydroxylation sites is 1. The Bertz CT molecular complexity index is 1890. The van der Waals surface area contributed by atoms with Gasteiger partial charge in [-0.2, -0.15) is 27.2 Å². The van der Waals surface area contributed by atoms with Crippen LogP contribution in [0.2, 0.25) is 0 Å². The van der Waals surface area contributed by atoms with Gasteiger partial charge in [-0.15, -0.1) is 0 Å². The molecule has 3 nitrogen and oxygen atoms in total. The van der Waals surface area contributed by atoms with E-state index < -0.39 is 29.9 Å². The van der Waals surface area contributed by atoms with Crippen LogP contribution in [0, 0.1) is 18.2 Å². The number of benzene rings is 3. The molecule has 8 heteroatoms. The number of aryl methyl sites for hydroxylation is 1. The van der Waals surface area contributed by atoms with Crippen LogP contribution >= 0.6 is 0 Å². The Balaban J connectivity index is 1.78. The molecule has 0 saturated heterocycles. The molecule has 5 aromatic rings. The van der Waals surface area contributed by atoms with E-state index >= 15 is 0 Å². The Morgan fingerprint density at radius 3 is 2.31 bits per heavy atom. The van der Waals surface area contributed by atoms with Gasteiger partial charge >= 0.3 is 12.1 Å². The lowest BCUT2D eigenvalue weighted by Gasteiger charge is -2.27. The van der Waals surface area contributed by atoms with E-state index in [2.05, 4.69) is 11.1 Å². The van der Waals surface area contributed by atoms with Crippen molar-refractivity contribution in [2.45, 2.75) is 45.1 Å². The number of nitrogens with zero attached hydrogens (tertiary/aromatic N) is 2. The third-order valence-electron chi connectivity index (χ3n) is 6.64. The van der Waals surface area contributed by atoms with Gasteiger partial charge in [-0.3, -0.25) is 4.98 Å². The highest BCUT2D eigenvalue weighted by Crippen LogP contribution is 2.46. The summed E-state index contributed by atoms with van der Waals surface area (Å²) in [4.78, 5) is 4.40. The molecule has 0 amide bonds. The first-order valence-corrected chi connectivity index (χ1v) is 11.9. The highest BCUT2D eigenvalue weighted by molar-refractivity contribution is 6.09. The lowest BCUT2D eigenvalue weighted by atomic mass is 9.79. The topological polar surface area (TPSA) is 49.8 Å². The van der Waals surface area contributed by atoms with E-state index in [4.69, 9.17) is 8.53 Å². The van der Waals surface area contributed by atoms with Gasteiger partial charge in [-0.25, -0.2) is 0 Å². The molecule has 5 rings (SSSR count). The fourth-order valence-corrected chi connectivity index (χ4v) is 4.65. The number of fused-ring (bicyclic) bond motifs is 3. The molecule has 0 fully saturated rings. The van der Waals surface area contributed by atoms with Crippen LogP contribution in [0.3, 0.4) is 0 Å². The molecule has 3 aromatic carbocycles. The molecule has 0 N–H and O–H groups in total. The summed E-state index contributed by atoms with van der Waals surface area (Å²) in [5.41, 5.74) is 0.134. The highest BCUT2D eigenvalue weighted by atomic mass is 19.4. The van der Waals surface area contributed by atoms with Crippen molar-refractivity contribution in [1.29, 1.82) is 5.26 Å². The first-order valence-electron chi connectivity index (χ1n) is 13.4. The molecule has 2 heterocycles. The smallest absolute Gasteiger partial charge is 0.455 e. The number of nitriles is 1. The van der Waals surface area contributed by atoms with Crippen molar-refractivity contribution in [1.82, 2.24) is 4.98 Å². The van der Waals surface area contributed by atoms with Crippen LogP contribution in [0.15, 0.2) is 71.3 Å². The van der Waals surface area contributed by atoms with Crippen LogP contribution in [0.1, 0.15) is 47.1 Å². The Kier molecular flexibility index (Phi) is 5.19. The average Bonchev–Trinajstić information content (AvgIpc) is 3.28. The zero-order valence-corrected chi connectivity index (χ0v) is 21.0. The van der Waals surface area contributed by atoms with Crippen LogP contribution in [-0.2, 0) is 11.3 Å². The minimum atomic E-state index is -5.81. The SMILES string of the molecule is [2H]C([2H])([2H])c1cnc(-c2cccc3c2oc2cc(C#N)ccc23)cc1-c1ccc(C(F)(F)C(F)(F)F)cc1C(C)(C)C. The van der Waals surface area contributed by atoms with Crippen molar-refractivity contribution in [3.63, 3.8) is 0 Å². The number of aromatic nitrogens is 1. The number of hydrogen-bond acceptors (Lipinski definition) is 3. The van der Waals surface area contributed by atoms with Crippen molar-refractivity contribution in [2.24, 2.45) is 0 Å². The maximum absolute atomic E-state index is 14.3. The predicted octanol–water partition coefficient (Wildman–Crippen LogP) is 9.45. The summed E-state index contributed by atoms with van der Waals surface area (Å²) < 4.78 is 98.8. The van der Waals surface area contributed by atoms with Crippen LogP contribution in [-0.4, -0.2) is 11.2 Å². The van der Waals surface area contributed by atoms with E-state index in [-0.39, 0.29) is 22.3 Å². The Morgan fingerprint density at radius 2 is 1.64 bits per heavy atom. The van der Waals surface area contributed by atoms with Gasteiger partial charge in [-0.1, -0.05) is 45.0 Å². The van der Waals surface area contributed by atoms with Crippen molar-refractivity contribution < 1.29 is 30.5 Å². The number of rotatable bonds is 3. The third kappa shape index (κ3) is 4.42. The zero-order chi connectivity index (χ0) is 30.8. The molecule has 0 aliphatic heterocycles. The molecular formula is C31H23F5N2O. The quantitative estimate of drug-likeness (QED) is 0.215. The van der Waals surface area contributed by atoms with E-state index in [1.165, 1.54) is 6.07 Å². The highest BCUT2D eigenvalue weighted by Gasteiger charge is 2.58. The van der Waals surface area contributed by atoms with Gasteiger partial charge < -0.3 is 4.42 Å². The molecule has 0 radical (unpaired) electrons. The Hall–Kier alpha value is -4.25. The summed E-state index contributed by atoms with van der Waals surface area (Å²) in [6.45, 7) is 2.25. The van der Waals surface area contributed by atoms with Crippen LogP contribution in [0.4, 0.5) is 22.0 Å². The van der Waals surface area contributed by atoms with E-state index in [1.54, 1.807) is 51.1 Å². The lowest BCUT2D eigenvalue weighted by Crippen LogP contribution is -2.34. The number of halogens is 5. The fourth-order valence-electron chi connectivity index (χ4n) is 4.65. The monoisotopic (exact) mass is 537 g/mol. The minimum absolute atomic E-state index is 0.109. The van der Waals surface area contributed by atoms with Crippen molar-refractivity contribution >= 4 is 21.9 Å². The lowest BCUT2D eigenvalue weighted by molar-refractivity contribution is -0.289. The maximum atomic E-state index is 14.3. The number of alkyl halides is 5. The number of pyridine rings is 1. The van der Waals surface area contributed by atoms with Crippen LogP contribution < -0.4 is 0 Å². The molecule has 39 heavy (non-hydrogen) atoms. The van der Waals surface area contributed by atoms with Gasteiger partial charge in [0.2, 0.25) is 0 Å². The van der Waals surface area contributed by atoms with Gasteiger partial charge in [0.15, 0.2) is 0 Å². The molecule has 0 atom stereocenters. The second kappa shape index (κ2) is 8.91. The molecular weight excluding hydrogens is 511 g/mol. The molecule has 0 aliphatic rings. The minimum Gasteiger partial charge on any atom is -0.455 e. The van der Waals surface area contributed by atoms with Gasteiger partial charge in [0, 0.05) is 32.2 Å². The first-order chi connectivity index (χ1) is 19.4. The second-order valence-corrected chi connectivity index (χ2v) is 10.3. The van der Waals surface area contributed by atoms with Gasteiger partial charge in [0.05, 0.1) is 17.3 Å². The van der Waals surface area contributed by atoms with Crippen molar-refractivity contribution in [3.05, 3.63) is 89.1 Å². The molecule has 2 aromatic heterocycles.